The van der Waals surface area contributed by atoms with Crippen molar-refractivity contribution in [1.29, 1.82) is 0 Å². The highest BCUT2D eigenvalue weighted by Gasteiger charge is 2.31. The van der Waals surface area contributed by atoms with Gasteiger partial charge in [-0.3, -0.25) is 10.1 Å². The van der Waals surface area contributed by atoms with Gasteiger partial charge in [0.25, 0.3) is 10.0 Å². The van der Waals surface area contributed by atoms with E-state index in [-0.39, 0.29) is 20.9 Å². The molecule has 0 aliphatic rings. The van der Waals surface area contributed by atoms with Crippen LogP contribution in [0.4, 0.5) is 10.7 Å². The number of hydrazine groups is 1. The molecule has 0 fully saturated rings. The van der Waals surface area contributed by atoms with Crippen molar-refractivity contribution < 1.29 is 13.3 Å². The number of rotatable bonds is 7. The molecule has 0 radical (unpaired) electrons. The smallest absolute Gasteiger partial charge is 0.306 e. The Balaban J connectivity index is 3.25. The van der Waals surface area contributed by atoms with Crippen molar-refractivity contribution >= 4 is 32.0 Å². The summed E-state index contributed by atoms with van der Waals surface area (Å²) in [6.07, 6.45) is 1.34. The molecule has 0 aliphatic heterocycles. The van der Waals surface area contributed by atoms with Gasteiger partial charge in [-0.2, -0.15) is 4.31 Å². The van der Waals surface area contributed by atoms with Crippen molar-refractivity contribution in [3.05, 3.63) is 16.2 Å². The lowest BCUT2D eigenvalue weighted by atomic mass is 10.2. The number of nitro groups is 1. The van der Waals surface area contributed by atoms with E-state index in [4.69, 9.17) is 5.84 Å². The van der Waals surface area contributed by atoms with Crippen LogP contribution in [-0.4, -0.2) is 30.7 Å². The third-order valence-corrected chi connectivity index (χ3v) is 6.52. The molecule has 0 amide bonds. The Hall–Kier alpha value is -1.23. The minimum atomic E-state index is -3.76. The minimum absolute atomic E-state index is 0.0199. The molecule has 0 atom stereocenters. The van der Waals surface area contributed by atoms with Gasteiger partial charge in [-0.05, 0) is 12.8 Å². The summed E-state index contributed by atoms with van der Waals surface area (Å²) in [4.78, 5) is 10.2. The summed E-state index contributed by atoms with van der Waals surface area (Å²) in [7, 11) is -2.28. The molecule has 0 bridgehead atoms. The predicted molar refractivity (Wildman–Crippen MR) is 78.1 cm³/mol. The van der Waals surface area contributed by atoms with Crippen LogP contribution in [0.2, 0.25) is 0 Å². The van der Waals surface area contributed by atoms with E-state index in [1.165, 1.54) is 11.4 Å². The lowest BCUT2D eigenvalue weighted by Crippen LogP contribution is -2.35. The first kappa shape index (κ1) is 16.8. The number of nitrogen functional groups attached to an aromatic ring is 1. The van der Waals surface area contributed by atoms with E-state index >= 15 is 0 Å². The second-order valence-corrected chi connectivity index (χ2v) is 7.45. The first-order valence-electron chi connectivity index (χ1n) is 6.02. The highest BCUT2D eigenvalue weighted by Crippen LogP contribution is 2.37. The van der Waals surface area contributed by atoms with Crippen LogP contribution in [0.5, 0.6) is 0 Å². The monoisotopic (exact) mass is 322 g/mol. The third kappa shape index (κ3) is 3.08. The van der Waals surface area contributed by atoms with Crippen molar-refractivity contribution in [1.82, 2.24) is 4.31 Å². The van der Waals surface area contributed by atoms with E-state index in [0.29, 0.717) is 12.8 Å². The number of hydrogen-bond donors (Lipinski definition) is 2. The fraction of sp³-hybridized carbons (Fsp3) is 0.600. The quantitative estimate of drug-likeness (QED) is 0.448. The van der Waals surface area contributed by atoms with Crippen LogP contribution in [0.25, 0.3) is 0 Å². The van der Waals surface area contributed by atoms with E-state index in [2.05, 4.69) is 5.43 Å². The molecule has 0 saturated carbocycles. The van der Waals surface area contributed by atoms with Crippen LogP contribution >= 0.6 is 11.3 Å². The third-order valence-electron chi connectivity index (χ3n) is 3.11. The molecule has 10 heteroatoms. The standard InChI is InChI=1S/C10H18N4O4S2/c1-4-7(5-2)13(3)20(17,18)9-6-8(14(15)16)10(12-11)19-9/h6-7,12H,4-5,11H2,1-3H3. The Labute approximate surface area is 121 Å². The summed E-state index contributed by atoms with van der Waals surface area (Å²) >= 11 is 0.754. The summed E-state index contributed by atoms with van der Waals surface area (Å²) in [6, 6.07) is 0.893. The summed E-state index contributed by atoms with van der Waals surface area (Å²) in [5.41, 5.74) is 1.82. The maximum Gasteiger partial charge on any atom is 0.306 e. The minimum Gasteiger partial charge on any atom is -0.310 e. The Kier molecular flexibility index (Phi) is 5.45. The van der Waals surface area contributed by atoms with Gasteiger partial charge in [-0.1, -0.05) is 25.2 Å². The molecule has 1 heterocycles. The molecule has 8 nitrogen and oxygen atoms in total. The van der Waals surface area contributed by atoms with Gasteiger partial charge >= 0.3 is 5.69 Å². The lowest BCUT2D eigenvalue weighted by Gasteiger charge is -2.24. The van der Waals surface area contributed by atoms with Crippen LogP contribution in [0.15, 0.2) is 10.3 Å². The fourth-order valence-electron chi connectivity index (χ4n) is 1.87. The molecule has 0 spiro atoms. The zero-order chi connectivity index (χ0) is 15.5. The zero-order valence-corrected chi connectivity index (χ0v) is 13.1. The van der Waals surface area contributed by atoms with E-state index in [1.807, 2.05) is 13.8 Å². The van der Waals surface area contributed by atoms with Crippen molar-refractivity contribution in [2.24, 2.45) is 5.84 Å². The van der Waals surface area contributed by atoms with E-state index in [0.717, 1.165) is 17.4 Å². The molecular weight excluding hydrogens is 304 g/mol. The number of sulfonamides is 1. The summed E-state index contributed by atoms with van der Waals surface area (Å²) in [6.45, 7) is 3.79. The second-order valence-electron chi connectivity index (χ2n) is 4.17. The SMILES string of the molecule is CCC(CC)N(C)S(=O)(=O)c1cc([N+](=O)[O-])c(NN)s1. The first-order chi connectivity index (χ1) is 9.29. The Bertz CT molecular complexity index is 580. The largest absolute Gasteiger partial charge is 0.310 e. The van der Waals surface area contributed by atoms with Crippen molar-refractivity contribution in [2.45, 2.75) is 36.9 Å². The average molecular weight is 322 g/mol. The number of nitrogens with two attached hydrogens (primary N) is 1. The van der Waals surface area contributed by atoms with E-state index < -0.39 is 14.9 Å². The van der Waals surface area contributed by atoms with Crippen LogP contribution in [0.1, 0.15) is 26.7 Å². The molecule has 114 valence electrons. The second kappa shape index (κ2) is 6.48. The van der Waals surface area contributed by atoms with Crippen LogP contribution < -0.4 is 11.3 Å². The van der Waals surface area contributed by atoms with Gasteiger partial charge in [0, 0.05) is 19.2 Å². The highest BCUT2D eigenvalue weighted by atomic mass is 32.2. The van der Waals surface area contributed by atoms with Crippen molar-refractivity contribution in [3.8, 4) is 0 Å². The Morgan fingerprint density at radius 3 is 2.40 bits per heavy atom. The molecule has 0 aromatic carbocycles. The van der Waals surface area contributed by atoms with Gasteiger partial charge in [0.15, 0.2) is 5.00 Å². The van der Waals surface area contributed by atoms with Crippen LogP contribution in [0, 0.1) is 10.1 Å². The number of anilines is 1. The number of hydrogen-bond acceptors (Lipinski definition) is 7. The topological polar surface area (TPSA) is 119 Å². The molecular formula is C10H18N4O4S2. The van der Waals surface area contributed by atoms with Gasteiger partial charge in [0.1, 0.15) is 4.21 Å². The molecule has 0 aliphatic carbocycles. The molecule has 0 unspecified atom stereocenters. The maximum absolute atomic E-state index is 12.4. The number of nitrogens with one attached hydrogen (secondary N) is 1. The van der Waals surface area contributed by atoms with Crippen LogP contribution in [-0.2, 0) is 10.0 Å². The first-order valence-corrected chi connectivity index (χ1v) is 8.28. The van der Waals surface area contributed by atoms with Gasteiger partial charge in [0.05, 0.1) is 4.92 Å². The van der Waals surface area contributed by atoms with E-state index in [9.17, 15) is 18.5 Å². The van der Waals surface area contributed by atoms with Gasteiger partial charge in [-0.15, -0.1) is 0 Å². The zero-order valence-electron chi connectivity index (χ0n) is 11.5. The highest BCUT2D eigenvalue weighted by molar-refractivity contribution is 7.91. The van der Waals surface area contributed by atoms with Crippen molar-refractivity contribution in [3.63, 3.8) is 0 Å². The fourth-order valence-corrected chi connectivity index (χ4v) is 4.79. The van der Waals surface area contributed by atoms with Gasteiger partial charge in [0.2, 0.25) is 0 Å². The number of nitrogens with zero attached hydrogens (tertiary/aromatic N) is 2. The molecule has 1 aromatic heterocycles. The maximum atomic E-state index is 12.4. The number of thiophene rings is 1. The predicted octanol–water partition coefficient (Wildman–Crippen LogP) is 1.75. The summed E-state index contributed by atoms with van der Waals surface area (Å²) in [5.74, 6) is 5.18. The van der Waals surface area contributed by atoms with Crippen LogP contribution in [0.3, 0.4) is 0 Å². The molecule has 1 aromatic rings. The summed E-state index contributed by atoms with van der Waals surface area (Å²) in [5, 5.41) is 10.9. The van der Waals surface area contributed by atoms with Gasteiger partial charge < -0.3 is 5.43 Å². The normalized spacial score (nSPS) is 12.1. The van der Waals surface area contributed by atoms with Crippen molar-refractivity contribution in [2.75, 3.05) is 12.5 Å². The lowest BCUT2D eigenvalue weighted by molar-refractivity contribution is -0.383. The molecule has 1 rings (SSSR count). The Morgan fingerprint density at radius 2 is 2.05 bits per heavy atom. The Morgan fingerprint density at radius 1 is 1.50 bits per heavy atom. The van der Waals surface area contributed by atoms with E-state index in [1.54, 1.807) is 0 Å². The average Bonchev–Trinajstić information content (AvgIpc) is 2.84. The van der Waals surface area contributed by atoms with Gasteiger partial charge in [-0.25, -0.2) is 14.3 Å². The summed E-state index contributed by atoms with van der Waals surface area (Å²) < 4.78 is 26.0. The molecule has 3 N–H and O–H groups in total. The molecule has 0 saturated heterocycles. The molecule has 20 heavy (non-hydrogen) atoms.